The second-order valence-electron chi connectivity index (χ2n) is 13.0. The molecule has 0 N–H and O–H groups in total. The minimum Gasteiger partial charge on any atom is -0.256 e. The van der Waals surface area contributed by atoms with Crippen molar-refractivity contribution in [2.45, 2.75) is 0 Å². The Morgan fingerprint density at radius 2 is 0.846 bits per heavy atom. The molecule has 0 aliphatic rings. The molecule has 4 heteroatoms. The van der Waals surface area contributed by atoms with E-state index in [0.29, 0.717) is 0 Å². The summed E-state index contributed by atoms with van der Waals surface area (Å²) in [7, 11) is 0. The first-order valence-corrected chi connectivity index (χ1v) is 17.5. The van der Waals surface area contributed by atoms with Gasteiger partial charge in [-0.05, 0) is 86.3 Å². The van der Waals surface area contributed by atoms with Gasteiger partial charge >= 0.3 is 0 Å². The van der Waals surface area contributed by atoms with Crippen LogP contribution in [-0.2, 0) is 0 Å². The Balaban J connectivity index is 1.21. The maximum Gasteiger partial charge on any atom is 0.0978 e. The number of rotatable bonds is 5. The highest BCUT2D eigenvalue weighted by atomic mass is 14.8. The standard InChI is InChI=1S/C48H30N4/c1-2-10-36-35(9-1)29-43(39-12-4-3-11-38(36)39)46-30-42(32-17-21-34(22-18-32)45-14-6-8-27-50-45)41-24-23-40-37(25-28-51-47(40)48(41)52-46)31-15-19-33(20-16-31)44-13-5-7-26-49-44/h1-30H. The highest BCUT2D eigenvalue weighted by Gasteiger charge is 2.17. The Kier molecular flexibility index (Phi) is 7.10. The van der Waals surface area contributed by atoms with Gasteiger partial charge in [0.2, 0.25) is 0 Å². The SMILES string of the molecule is c1ccc(-c2ccc(-c3ccnc4c3ccc3c(-c5ccc(-c6ccccn6)cc5)cc(-c5cc6ccccc6c6ccccc56)nc34)cc2)nc1. The first-order chi connectivity index (χ1) is 25.8. The van der Waals surface area contributed by atoms with Gasteiger partial charge in [0.05, 0.1) is 28.1 Å². The molecule has 0 fully saturated rings. The third-order valence-electron chi connectivity index (χ3n) is 10.0. The van der Waals surface area contributed by atoms with E-state index >= 15 is 0 Å². The summed E-state index contributed by atoms with van der Waals surface area (Å²) in [6.45, 7) is 0. The van der Waals surface area contributed by atoms with Crippen molar-refractivity contribution in [3.05, 3.63) is 182 Å². The van der Waals surface area contributed by atoms with Crippen LogP contribution in [0.15, 0.2) is 182 Å². The summed E-state index contributed by atoms with van der Waals surface area (Å²) < 4.78 is 0. The summed E-state index contributed by atoms with van der Waals surface area (Å²) in [6.07, 6.45) is 5.57. The zero-order chi connectivity index (χ0) is 34.4. The van der Waals surface area contributed by atoms with Crippen LogP contribution < -0.4 is 0 Å². The molecule has 0 saturated heterocycles. The van der Waals surface area contributed by atoms with Crippen LogP contribution >= 0.6 is 0 Å². The van der Waals surface area contributed by atoms with Gasteiger partial charge in [-0.2, -0.15) is 0 Å². The molecule has 10 rings (SSSR count). The Hall–Kier alpha value is -7.04. The lowest BCUT2D eigenvalue weighted by Crippen LogP contribution is -1.95. The molecule has 6 aromatic carbocycles. The predicted molar refractivity (Wildman–Crippen MR) is 215 cm³/mol. The van der Waals surface area contributed by atoms with Crippen molar-refractivity contribution in [3.8, 4) is 56.0 Å². The van der Waals surface area contributed by atoms with E-state index < -0.39 is 0 Å². The van der Waals surface area contributed by atoms with Gasteiger partial charge in [-0.1, -0.05) is 121 Å². The molecule has 0 spiro atoms. The first kappa shape index (κ1) is 29.8. The van der Waals surface area contributed by atoms with Crippen molar-refractivity contribution in [2.75, 3.05) is 0 Å². The van der Waals surface area contributed by atoms with Crippen LogP contribution in [0.5, 0.6) is 0 Å². The molecule has 0 amide bonds. The molecule has 4 heterocycles. The van der Waals surface area contributed by atoms with Crippen LogP contribution in [-0.4, -0.2) is 19.9 Å². The third-order valence-corrected chi connectivity index (χ3v) is 10.0. The maximum absolute atomic E-state index is 5.49. The molecule has 0 saturated carbocycles. The minimum absolute atomic E-state index is 0.877. The van der Waals surface area contributed by atoms with Crippen molar-refractivity contribution in [3.63, 3.8) is 0 Å². The number of hydrogen-bond acceptors (Lipinski definition) is 4. The topological polar surface area (TPSA) is 51.6 Å². The van der Waals surface area contributed by atoms with Gasteiger partial charge in [0.1, 0.15) is 0 Å². The highest BCUT2D eigenvalue weighted by molar-refractivity contribution is 6.16. The number of hydrogen-bond donors (Lipinski definition) is 0. The van der Waals surface area contributed by atoms with Crippen molar-refractivity contribution < 1.29 is 0 Å². The van der Waals surface area contributed by atoms with Crippen molar-refractivity contribution in [2.24, 2.45) is 0 Å². The summed E-state index contributed by atoms with van der Waals surface area (Å²) in [5.41, 5.74) is 12.3. The smallest absolute Gasteiger partial charge is 0.0978 e. The number of nitrogens with zero attached hydrogens (tertiary/aromatic N) is 4. The number of pyridine rings is 4. The number of benzene rings is 6. The molecule has 0 unspecified atom stereocenters. The maximum atomic E-state index is 5.49. The van der Waals surface area contributed by atoms with E-state index in [2.05, 4.69) is 137 Å². The molecule has 52 heavy (non-hydrogen) atoms. The zero-order valence-electron chi connectivity index (χ0n) is 28.1. The second-order valence-corrected chi connectivity index (χ2v) is 13.0. The summed E-state index contributed by atoms with van der Waals surface area (Å²) in [5, 5.41) is 6.93. The van der Waals surface area contributed by atoms with E-state index in [4.69, 9.17) is 9.97 Å². The molecule has 0 aliphatic carbocycles. The van der Waals surface area contributed by atoms with Gasteiger partial charge in [0, 0.05) is 46.1 Å². The minimum atomic E-state index is 0.877. The molecule has 4 nitrogen and oxygen atoms in total. The predicted octanol–water partition coefficient (Wildman–Crippen LogP) is 12.2. The highest BCUT2D eigenvalue weighted by Crippen LogP contribution is 2.41. The quantitative estimate of drug-likeness (QED) is 0.172. The molecule has 242 valence electrons. The number of fused-ring (bicyclic) bond motifs is 6. The van der Waals surface area contributed by atoms with Crippen LogP contribution in [0.3, 0.4) is 0 Å². The monoisotopic (exact) mass is 662 g/mol. The van der Waals surface area contributed by atoms with Gasteiger partial charge in [-0.25, -0.2) is 4.98 Å². The van der Waals surface area contributed by atoms with Crippen LogP contribution in [0.1, 0.15) is 0 Å². The Labute approximate surface area is 300 Å². The van der Waals surface area contributed by atoms with Crippen molar-refractivity contribution in [1.82, 2.24) is 19.9 Å². The van der Waals surface area contributed by atoms with Crippen molar-refractivity contribution in [1.29, 1.82) is 0 Å². The first-order valence-electron chi connectivity index (χ1n) is 17.5. The van der Waals surface area contributed by atoms with Crippen LogP contribution in [0.4, 0.5) is 0 Å². The average Bonchev–Trinajstić information content (AvgIpc) is 3.23. The lowest BCUT2D eigenvalue weighted by Gasteiger charge is -2.16. The average molecular weight is 663 g/mol. The third kappa shape index (κ3) is 5.09. The van der Waals surface area contributed by atoms with Gasteiger partial charge in [0.25, 0.3) is 0 Å². The number of aromatic nitrogens is 4. The summed E-state index contributed by atoms with van der Waals surface area (Å²) in [4.78, 5) is 19.6. The fourth-order valence-corrected chi connectivity index (χ4v) is 7.50. The summed E-state index contributed by atoms with van der Waals surface area (Å²) >= 11 is 0. The molecular formula is C48H30N4. The van der Waals surface area contributed by atoms with E-state index in [-0.39, 0.29) is 0 Å². The summed E-state index contributed by atoms with van der Waals surface area (Å²) in [6, 6.07) is 57.6. The molecular weight excluding hydrogens is 633 g/mol. The van der Waals surface area contributed by atoms with E-state index in [1.54, 1.807) is 0 Å². The van der Waals surface area contributed by atoms with Crippen LogP contribution in [0.25, 0.3) is 99.4 Å². The van der Waals surface area contributed by atoms with Gasteiger partial charge < -0.3 is 0 Å². The summed E-state index contributed by atoms with van der Waals surface area (Å²) in [5.74, 6) is 0. The van der Waals surface area contributed by atoms with E-state index in [9.17, 15) is 0 Å². The van der Waals surface area contributed by atoms with Gasteiger partial charge in [-0.15, -0.1) is 0 Å². The molecule has 0 bridgehead atoms. The fourth-order valence-electron chi connectivity index (χ4n) is 7.50. The lowest BCUT2D eigenvalue weighted by atomic mass is 9.92. The van der Waals surface area contributed by atoms with E-state index in [0.717, 1.165) is 77.8 Å². The Morgan fingerprint density at radius 1 is 0.288 bits per heavy atom. The molecule has 0 aliphatic heterocycles. The normalized spacial score (nSPS) is 11.5. The molecule has 0 radical (unpaired) electrons. The Morgan fingerprint density at radius 3 is 1.50 bits per heavy atom. The van der Waals surface area contributed by atoms with E-state index in [1.165, 1.54) is 21.5 Å². The zero-order valence-corrected chi connectivity index (χ0v) is 28.1. The van der Waals surface area contributed by atoms with Crippen LogP contribution in [0, 0.1) is 0 Å². The second kappa shape index (κ2) is 12.4. The largest absolute Gasteiger partial charge is 0.256 e. The van der Waals surface area contributed by atoms with Crippen LogP contribution in [0.2, 0.25) is 0 Å². The van der Waals surface area contributed by atoms with E-state index in [1.807, 2.05) is 55.0 Å². The molecule has 0 atom stereocenters. The van der Waals surface area contributed by atoms with Gasteiger partial charge in [0.15, 0.2) is 0 Å². The van der Waals surface area contributed by atoms with Gasteiger partial charge in [-0.3, -0.25) is 15.0 Å². The Bertz CT molecular complexity index is 2920. The van der Waals surface area contributed by atoms with Crippen molar-refractivity contribution >= 4 is 43.4 Å². The molecule has 10 aromatic rings. The fraction of sp³-hybridized carbons (Fsp3) is 0. The lowest BCUT2D eigenvalue weighted by molar-refractivity contribution is 1.33. The molecule has 4 aromatic heterocycles.